The highest BCUT2D eigenvalue weighted by molar-refractivity contribution is 5.79. The Morgan fingerprint density at radius 2 is 1.88 bits per heavy atom. The van der Waals surface area contributed by atoms with Crippen LogP contribution in [0.5, 0.6) is 11.5 Å². The maximum absolute atomic E-state index is 12.3. The molecule has 25 heavy (non-hydrogen) atoms. The number of carbonyl (C=O) groups excluding carboxylic acids is 1. The zero-order valence-corrected chi connectivity index (χ0v) is 16.1. The van der Waals surface area contributed by atoms with E-state index < -0.39 is 0 Å². The molecule has 0 spiro atoms. The second-order valence-corrected chi connectivity index (χ2v) is 7.24. The van der Waals surface area contributed by atoms with Crippen LogP contribution in [-0.2, 0) is 11.3 Å². The molecule has 1 aliphatic rings. The minimum atomic E-state index is 0.125. The van der Waals surface area contributed by atoms with Crippen molar-refractivity contribution in [3.8, 4) is 11.5 Å². The predicted molar refractivity (Wildman–Crippen MR) is 100 cm³/mol. The molecule has 0 aliphatic heterocycles. The number of nitrogens with one attached hydrogen (secondary N) is 2. The molecule has 1 aliphatic carbocycles. The van der Waals surface area contributed by atoms with E-state index in [4.69, 9.17) is 9.47 Å². The number of rotatable bonds is 7. The van der Waals surface area contributed by atoms with Crippen molar-refractivity contribution in [3.05, 3.63) is 23.3 Å². The summed E-state index contributed by atoms with van der Waals surface area (Å²) in [5, 5.41) is 6.68. The standard InChI is InChI=1S/C20H32N2O3/c1-13(2)22-20(23)15-7-6-8-17(10-15)21-12-16-11-19(25-5)18(24-4)9-14(16)3/h9,11,13,15,17,21H,6-8,10,12H2,1-5H3,(H,22,23)/t15-,17+/m1/s1. The average molecular weight is 348 g/mol. The molecule has 0 unspecified atom stereocenters. The zero-order valence-electron chi connectivity index (χ0n) is 16.1. The van der Waals surface area contributed by atoms with Gasteiger partial charge in [-0.3, -0.25) is 4.79 Å². The van der Waals surface area contributed by atoms with Gasteiger partial charge < -0.3 is 20.1 Å². The molecule has 5 nitrogen and oxygen atoms in total. The lowest BCUT2D eigenvalue weighted by molar-refractivity contribution is -0.126. The Hall–Kier alpha value is -1.75. The van der Waals surface area contributed by atoms with Gasteiger partial charge in [-0.25, -0.2) is 0 Å². The van der Waals surface area contributed by atoms with E-state index in [0.29, 0.717) is 6.04 Å². The third kappa shape index (κ3) is 5.36. The first-order chi connectivity index (χ1) is 11.9. The predicted octanol–water partition coefficient (Wildman–Crippen LogP) is 3.19. The summed E-state index contributed by atoms with van der Waals surface area (Å²) in [5.41, 5.74) is 2.38. The maximum Gasteiger partial charge on any atom is 0.223 e. The molecule has 0 saturated heterocycles. The quantitative estimate of drug-likeness (QED) is 0.794. The van der Waals surface area contributed by atoms with Crippen LogP contribution in [0.4, 0.5) is 0 Å². The fraction of sp³-hybridized carbons (Fsp3) is 0.650. The number of hydrogen-bond acceptors (Lipinski definition) is 4. The molecule has 0 aromatic heterocycles. The smallest absolute Gasteiger partial charge is 0.223 e. The van der Waals surface area contributed by atoms with E-state index in [1.165, 1.54) is 11.1 Å². The summed E-state index contributed by atoms with van der Waals surface area (Å²) < 4.78 is 10.8. The topological polar surface area (TPSA) is 59.6 Å². The lowest BCUT2D eigenvalue weighted by Crippen LogP contribution is -2.42. The van der Waals surface area contributed by atoms with E-state index in [9.17, 15) is 4.79 Å². The van der Waals surface area contributed by atoms with E-state index >= 15 is 0 Å². The first kappa shape index (κ1) is 19.6. The van der Waals surface area contributed by atoms with Gasteiger partial charge >= 0.3 is 0 Å². The van der Waals surface area contributed by atoms with Crippen molar-refractivity contribution in [3.63, 3.8) is 0 Å². The number of ether oxygens (including phenoxy) is 2. The number of hydrogen-bond donors (Lipinski definition) is 2. The first-order valence-corrected chi connectivity index (χ1v) is 9.19. The summed E-state index contributed by atoms with van der Waals surface area (Å²) >= 11 is 0. The Kier molecular flexibility index (Phi) is 7.12. The van der Waals surface area contributed by atoms with E-state index in [1.54, 1.807) is 14.2 Å². The Bertz CT molecular complexity index is 587. The van der Waals surface area contributed by atoms with E-state index in [1.807, 2.05) is 26.0 Å². The van der Waals surface area contributed by atoms with Crippen molar-refractivity contribution in [2.75, 3.05) is 14.2 Å². The average Bonchev–Trinajstić information content (AvgIpc) is 2.60. The highest BCUT2D eigenvalue weighted by Crippen LogP contribution is 2.31. The van der Waals surface area contributed by atoms with E-state index in [0.717, 1.165) is 43.7 Å². The molecule has 1 saturated carbocycles. The summed E-state index contributed by atoms with van der Waals surface area (Å²) in [6.45, 7) is 6.88. The number of carbonyl (C=O) groups is 1. The molecule has 0 bridgehead atoms. The van der Waals surface area contributed by atoms with Crippen LogP contribution in [0.25, 0.3) is 0 Å². The summed E-state index contributed by atoms with van der Waals surface area (Å²) in [6.07, 6.45) is 4.12. The van der Waals surface area contributed by atoms with Gasteiger partial charge in [0.25, 0.3) is 0 Å². The molecule has 2 N–H and O–H groups in total. The minimum Gasteiger partial charge on any atom is -0.493 e. The highest BCUT2D eigenvalue weighted by Gasteiger charge is 2.27. The normalized spacial score (nSPS) is 20.4. The van der Waals surface area contributed by atoms with Crippen LogP contribution in [0.3, 0.4) is 0 Å². The number of amides is 1. The second kappa shape index (κ2) is 9.09. The fourth-order valence-corrected chi connectivity index (χ4v) is 3.48. The van der Waals surface area contributed by atoms with Crippen molar-refractivity contribution in [2.45, 2.75) is 65.1 Å². The Morgan fingerprint density at radius 1 is 1.20 bits per heavy atom. The monoisotopic (exact) mass is 348 g/mol. The van der Waals surface area contributed by atoms with Gasteiger partial charge in [-0.1, -0.05) is 6.42 Å². The second-order valence-electron chi connectivity index (χ2n) is 7.24. The van der Waals surface area contributed by atoms with Gasteiger partial charge in [0.1, 0.15) is 0 Å². The van der Waals surface area contributed by atoms with Gasteiger partial charge in [0, 0.05) is 24.5 Å². The van der Waals surface area contributed by atoms with Gasteiger partial charge in [-0.05, 0) is 63.3 Å². The van der Waals surface area contributed by atoms with Crippen molar-refractivity contribution >= 4 is 5.91 Å². The Morgan fingerprint density at radius 3 is 2.52 bits per heavy atom. The lowest BCUT2D eigenvalue weighted by atomic mass is 9.85. The van der Waals surface area contributed by atoms with Crippen LogP contribution >= 0.6 is 0 Å². The molecule has 5 heteroatoms. The van der Waals surface area contributed by atoms with Gasteiger partial charge in [0.2, 0.25) is 5.91 Å². The van der Waals surface area contributed by atoms with Crippen molar-refractivity contribution < 1.29 is 14.3 Å². The minimum absolute atomic E-state index is 0.125. The van der Waals surface area contributed by atoms with E-state index in [-0.39, 0.29) is 17.9 Å². The summed E-state index contributed by atoms with van der Waals surface area (Å²) in [4.78, 5) is 12.3. The summed E-state index contributed by atoms with van der Waals surface area (Å²) in [6, 6.07) is 4.63. The highest BCUT2D eigenvalue weighted by atomic mass is 16.5. The molecule has 1 fully saturated rings. The molecule has 1 aromatic rings. The van der Waals surface area contributed by atoms with Gasteiger partial charge in [0.15, 0.2) is 11.5 Å². The molecule has 2 rings (SSSR count). The molecule has 1 aromatic carbocycles. The van der Waals surface area contributed by atoms with Crippen LogP contribution in [0.2, 0.25) is 0 Å². The Labute approximate surface area is 151 Å². The molecule has 140 valence electrons. The number of aryl methyl sites for hydroxylation is 1. The summed E-state index contributed by atoms with van der Waals surface area (Å²) in [5.74, 6) is 1.83. The lowest BCUT2D eigenvalue weighted by Gasteiger charge is -2.30. The molecule has 0 heterocycles. The molecular formula is C20H32N2O3. The van der Waals surface area contributed by atoms with E-state index in [2.05, 4.69) is 17.6 Å². The van der Waals surface area contributed by atoms with Gasteiger partial charge in [-0.2, -0.15) is 0 Å². The first-order valence-electron chi connectivity index (χ1n) is 9.19. The van der Waals surface area contributed by atoms with Gasteiger partial charge in [-0.15, -0.1) is 0 Å². The van der Waals surface area contributed by atoms with Crippen LogP contribution in [-0.4, -0.2) is 32.2 Å². The molecular weight excluding hydrogens is 316 g/mol. The summed E-state index contributed by atoms with van der Waals surface area (Å²) in [7, 11) is 3.31. The maximum atomic E-state index is 12.3. The van der Waals surface area contributed by atoms with Crippen LogP contribution < -0.4 is 20.1 Å². The number of benzene rings is 1. The van der Waals surface area contributed by atoms with Gasteiger partial charge in [0.05, 0.1) is 14.2 Å². The van der Waals surface area contributed by atoms with Crippen molar-refractivity contribution in [1.29, 1.82) is 0 Å². The van der Waals surface area contributed by atoms with Crippen LogP contribution in [0, 0.1) is 12.8 Å². The number of methoxy groups -OCH3 is 2. The van der Waals surface area contributed by atoms with Crippen molar-refractivity contribution in [2.24, 2.45) is 5.92 Å². The largest absolute Gasteiger partial charge is 0.493 e. The molecule has 1 amide bonds. The van der Waals surface area contributed by atoms with Crippen LogP contribution in [0.1, 0.15) is 50.7 Å². The van der Waals surface area contributed by atoms with Crippen molar-refractivity contribution in [1.82, 2.24) is 10.6 Å². The zero-order chi connectivity index (χ0) is 18.4. The third-order valence-corrected chi connectivity index (χ3v) is 4.90. The third-order valence-electron chi connectivity index (χ3n) is 4.90. The molecule has 0 radical (unpaired) electrons. The fourth-order valence-electron chi connectivity index (χ4n) is 3.48. The van der Waals surface area contributed by atoms with Crippen LogP contribution in [0.15, 0.2) is 12.1 Å². The Balaban J connectivity index is 1.95. The molecule has 2 atom stereocenters. The SMILES string of the molecule is COc1cc(C)c(CN[C@H]2CCC[C@@H](C(=O)NC(C)C)C2)cc1OC.